The number of piperazine rings is 1. The molecular formula is C25H32N4O. The molecule has 0 aliphatic carbocycles. The van der Waals surface area contributed by atoms with Crippen molar-refractivity contribution in [2.45, 2.75) is 26.7 Å². The molecule has 2 aromatic heterocycles. The van der Waals surface area contributed by atoms with E-state index >= 15 is 0 Å². The van der Waals surface area contributed by atoms with Gasteiger partial charge in [-0.15, -0.1) is 0 Å². The summed E-state index contributed by atoms with van der Waals surface area (Å²) in [6, 6.07) is 15.0. The molecule has 4 rings (SSSR count). The lowest BCUT2D eigenvalue weighted by atomic mass is 10.1. The molecule has 0 amide bonds. The Hall–Kier alpha value is -2.50. The van der Waals surface area contributed by atoms with Gasteiger partial charge in [0.05, 0.1) is 5.69 Å². The summed E-state index contributed by atoms with van der Waals surface area (Å²) in [5, 5.41) is 2.46. The van der Waals surface area contributed by atoms with Gasteiger partial charge >= 0.3 is 0 Å². The fraction of sp³-hybridized carbons (Fsp3) is 0.440. The topological polar surface area (TPSA) is 41.5 Å². The maximum absolute atomic E-state index is 5.43. The van der Waals surface area contributed by atoms with Gasteiger partial charge in [0.15, 0.2) is 0 Å². The number of hydrogen-bond acceptors (Lipinski definition) is 5. The fourth-order valence-corrected chi connectivity index (χ4v) is 4.07. The summed E-state index contributed by atoms with van der Waals surface area (Å²) < 4.78 is 5.43. The van der Waals surface area contributed by atoms with Crippen LogP contribution in [0.1, 0.15) is 26.0 Å². The number of aromatic nitrogens is 2. The molecule has 3 heterocycles. The monoisotopic (exact) mass is 404 g/mol. The van der Waals surface area contributed by atoms with Crippen molar-refractivity contribution in [3.63, 3.8) is 0 Å². The van der Waals surface area contributed by atoms with Crippen LogP contribution in [-0.2, 0) is 11.2 Å². The number of aryl methyl sites for hydroxylation is 1. The van der Waals surface area contributed by atoms with E-state index in [-0.39, 0.29) is 0 Å². The van der Waals surface area contributed by atoms with Gasteiger partial charge in [-0.2, -0.15) is 0 Å². The van der Waals surface area contributed by atoms with Gasteiger partial charge in [0.25, 0.3) is 0 Å². The van der Waals surface area contributed by atoms with Crippen LogP contribution >= 0.6 is 0 Å². The molecular weight excluding hydrogens is 372 g/mol. The first-order valence-corrected chi connectivity index (χ1v) is 11.2. The third-order valence-corrected chi connectivity index (χ3v) is 5.89. The predicted octanol–water partition coefficient (Wildman–Crippen LogP) is 4.41. The normalized spacial score (nSPS) is 15.1. The fourth-order valence-electron chi connectivity index (χ4n) is 4.07. The number of likely N-dealkylation sites (N-methyl/N-ethyl adjacent to an activating group) is 1. The number of nitrogens with zero attached hydrogens (tertiary/aromatic N) is 4. The molecule has 1 aliphatic rings. The summed E-state index contributed by atoms with van der Waals surface area (Å²) in [6.07, 6.45) is 3.91. The summed E-state index contributed by atoms with van der Waals surface area (Å²) in [7, 11) is 0. The lowest BCUT2D eigenvalue weighted by Crippen LogP contribution is -2.46. The lowest BCUT2D eigenvalue weighted by molar-refractivity contribution is 0.145. The molecule has 0 saturated carbocycles. The number of rotatable bonds is 8. The molecule has 0 radical (unpaired) electrons. The van der Waals surface area contributed by atoms with E-state index in [1.54, 1.807) is 0 Å². The Morgan fingerprint density at radius 2 is 1.83 bits per heavy atom. The molecule has 5 nitrogen and oxygen atoms in total. The van der Waals surface area contributed by atoms with Gasteiger partial charge in [0.2, 0.25) is 0 Å². The molecule has 0 N–H and O–H groups in total. The molecule has 1 aliphatic heterocycles. The average molecular weight is 405 g/mol. The highest BCUT2D eigenvalue weighted by Gasteiger charge is 2.19. The van der Waals surface area contributed by atoms with Crippen molar-refractivity contribution in [3.05, 3.63) is 54.4 Å². The summed E-state index contributed by atoms with van der Waals surface area (Å²) in [5.74, 6) is 1.10. The Labute approximate surface area is 179 Å². The second kappa shape index (κ2) is 10.0. The first-order valence-electron chi connectivity index (χ1n) is 11.2. The van der Waals surface area contributed by atoms with Crippen LogP contribution in [0.15, 0.2) is 48.7 Å². The van der Waals surface area contributed by atoms with Crippen LogP contribution in [-0.4, -0.2) is 60.8 Å². The van der Waals surface area contributed by atoms with Crippen molar-refractivity contribution in [3.8, 4) is 11.3 Å². The number of fused-ring (bicyclic) bond motifs is 1. The third-order valence-electron chi connectivity index (χ3n) is 5.89. The Bertz CT molecular complexity index is 949. The first-order chi connectivity index (χ1) is 14.8. The standard InChI is InChI=1S/C25H32N4O/c1-3-28-13-15-29(16-14-28)25-23-10-6-5-8-20(23)18-24(27-25)21-11-12-22(26-19-21)9-7-17-30-4-2/h5-6,8,10-12,18-19H,3-4,7,9,13-17H2,1-2H3. The Morgan fingerprint density at radius 1 is 1.00 bits per heavy atom. The van der Waals surface area contributed by atoms with Crippen LogP contribution in [0.5, 0.6) is 0 Å². The number of hydrogen-bond donors (Lipinski definition) is 0. The van der Waals surface area contributed by atoms with Crippen LogP contribution in [0.2, 0.25) is 0 Å². The van der Waals surface area contributed by atoms with Gasteiger partial charge < -0.3 is 14.5 Å². The second-order valence-electron chi connectivity index (χ2n) is 7.81. The number of ether oxygens (including phenoxy) is 1. The average Bonchev–Trinajstić information content (AvgIpc) is 2.81. The summed E-state index contributed by atoms with van der Waals surface area (Å²) in [6.45, 7) is 11.2. The van der Waals surface area contributed by atoms with Crippen LogP contribution < -0.4 is 4.90 Å². The van der Waals surface area contributed by atoms with E-state index in [0.29, 0.717) is 0 Å². The zero-order valence-electron chi connectivity index (χ0n) is 18.2. The van der Waals surface area contributed by atoms with Crippen molar-refractivity contribution >= 4 is 16.6 Å². The summed E-state index contributed by atoms with van der Waals surface area (Å²) >= 11 is 0. The molecule has 1 fully saturated rings. The molecule has 1 aromatic carbocycles. The van der Waals surface area contributed by atoms with Gasteiger partial charge in [-0.3, -0.25) is 4.98 Å². The largest absolute Gasteiger partial charge is 0.382 e. The smallest absolute Gasteiger partial charge is 0.137 e. The predicted molar refractivity (Wildman–Crippen MR) is 124 cm³/mol. The minimum atomic E-state index is 0.774. The molecule has 0 bridgehead atoms. The van der Waals surface area contributed by atoms with Gasteiger partial charge in [-0.25, -0.2) is 4.98 Å². The number of pyridine rings is 2. The highest BCUT2D eigenvalue weighted by atomic mass is 16.5. The zero-order valence-corrected chi connectivity index (χ0v) is 18.2. The van der Waals surface area contributed by atoms with Crippen molar-refractivity contribution in [2.24, 2.45) is 0 Å². The van der Waals surface area contributed by atoms with Gasteiger partial charge in [0, 0.05) is 62.2 Å². The molecule has 0 spiro atoms. The minimum Gasteiger partial charge on any atom is -0.382 e. The van der Waals surface area contributed by atoms with Crippen LogP contribution in [0, 0.1) is 0 Å². The first kappa shape index (κ1) is 20.8. The lowest BCUT2D eigenvalue weighted by Gasteiger charge is -2.35. The SMILES string of the molecule is CCOCCCc1ccc(-c2cc3ccccc3c(N3CCN(CC)CC3)n2)cn1. The van der Waals surface area contributed by atoms with E-state index in [9.17, 15) is 0 Å². The summed E-state index contributed by atoms with van der Waals surface area (Å²) in [5.41, 5.74) is 3.17. The van der Waals surface area contributed by atoms with E-state index in [1.807, 2.05) is 13.1 Å². The number of anilines is 1. The van der Waals surface area contributed by atoms with E-state index in [0.717, 1.165) is 81.5 Å². The highest BCUT2D eigenvalue weighted by Crippen LogP contribution is 2.30. The highest BCUT2D eigenvalue weighted by molar-refractivity contribution is 5.95. The van der Waals surface area contributed by atoms with Gasteiger partial charge in [-0.05, 0) is 49.9 Å². The molecule has 3 aromatic rings. The number of benzene rings is 1. The van der Waals surface area contributed by atoms with Crippen molar-refractivity contribution < 1.29 is 4.74 Å². The Balaban J connectivity index is 1.59. The maximum atomic E-state index is 5.43. The van der Waals surface area contributed by atoms with Crippen LogP contribution in [0.4, 0.5) is 5.82 Å². The van der Waals surface area contributed by atoms with E-state index < -0.39 is 0 Å². The molecule has 30 heavy (non-hydrogen) atoms. The molecule has 5 heteroatoms. The molecule has 0 atom stereocenters. The molecule has 0 unspecified atom stereocenters. The van der Waals surface area contributed by atoms with E-state index in [4.69, 9.17) is 9.72 Å². The quantitative estimate of drug-likeness (QED) is 0.520. The maximum Gasteiger partial charge on any atom is 0.137 e. The molecule has 158 valence electrons. The van der Waals surface area contributed by atoms with E-state index in [1.165, 1.54) is 10.8 Å². The van der Waals surface area contributed by atoms with Crippen molar-refractivity contribution in [2.75, 3.05) is 50.8 Å². The van der Waals surface area contributed by atoms with Crippen molar-refractivity contribution in [1.29, 1.82) is 0 Å². The second-order valence-corrected chi connectivity index (χ2v) is 7.81. The Morgan fingerprint density at radius 3 is 2.57 bits per heavy atom. The summed E-state index contributed by atoms with van der Waals surface area (Å²) in [4.78, 5) is 14.7. The van der Waals surface area contributed by atoms with Gasteiger partial charge in [-0.1, -0.05) is 31.2 Å². The Kier molecular flexibility index (Phi) is 6.92. The minimum absolute atomic E-state index is 0.774. The van der Waals surface area contributed by atoms with Crippen molar-refractivity contribution in [1.82, 2.24) is 14.9 Å². The van der Waals surface area contributed by atoms with Gasteiger partial charge in [0.1, 0.15) is 5.82 Å². The third kappa shape index (κ3) is 4.79. The zero-order chi connectivity index (χ0) is 20.8. The molecule has 1 saturated heterocycles. The van der Waals surface area contributed by atoms with E-state index in [2.05, 4.69) is 64.2 Å². The van der Waals surface area contributed by atoms with Crippen LogP contribution in [0.25, 0.3) is 22.0 Å². The van der Waals surface area contributed by atoms with Crippen LogP contribution in [0.3, 0.4) is 0 Å².